The molecule has 1 saturated carbocycles. The second-order valence-electron chi connectivity index (χ2n) is 13.5. The lowest BCUT2D eigenvalue weighted by Gasteiger charge is -2.36. The second-order valence-corrected chi connectivity index (χ2v) is 13.5. The Balaban J connectivity index is 1.26. The summed E-state index contributed by atoms with van der Waals surface area (Å²) >= 11 is 0. The van der Waals surface area contributed by atoms with Gasteiger partial charge in [0.15, 0.2) is 0 Å². The highest BCUT2D eigenvalue weighted by Gasteiger charge is 2.47. The van der Waals surface area contributed by atoms with E-state index in [1.807, 2.05) is 0 Å². The molecule has 0 bridgehead atoms. The van der Waals surface area contributed by atoms with Crippen LogP contribution in [0.3, 0.4) is 0 Å². The Bertz CT molecular complexity index is 2000. The van der Waals surface area contributed by atoms with Gasteiger partial charge in [-0.1, -0.05) is 141 Å². The summed E-state index contributed by atoms with van der Waals surface area (Å²) in [5.41, 5.74) is 11.5. The van der Waals surface area contributed by atoms with E-state index in [4.69, 9.17) is 0 Å². The van der Waals surface area contributed by atoms with Crippen LogP contribution in [0.2, 0.25) is 0 Å². The fourth-order valence-electron chi connectivity index (χ4n) is 9.10. The molecule has 1 nitrogen and oxygen atoms in total. The minimum Gasteiger partial charge on any atom is -0.347 e. The maximum absolute atomic E-state index is 2.52. The van der Waals surface area contributed by atoms with E-state index in [1.54, 1.807) is 0 Å². The molecule has 8 rings (SSSR count). The van der Waals surface area contributed by atoms with Crippen LogP contribution >= 0.6 is 0 Å². The van der Waals surface area contributed by atoms with Crippen LogP contribution in [0.5, 0.6) is 0 Å². The Morgan fingerprint density at radius 2 is 1.34 bits per heavy atom. The van der Waals surface area contributed by atoms with Crippen LogP contribution in [0.15, 0.2) is 133 Å². The summed E-state index contributed by atoms with van der Waals surface area (Å²) in [6.07, 6.45) is 14.7. The third-order valence-corrected chi connectivity index (χ3v) is 11.1. The molecule has 1 heterocycles. The third-order valence-electron chi connectivity index (χ3n) is 11.1. The zero-order valence-corrected chi connectivity index (χ0v) is 26.2. The van der Waals surface area contributed by atoms with Gasteiger partial charge in [0.1, 0.15) is 0 Å². The molecule has 0 N–H and O–H groups in total. The second kappa shape index (κ2) is 10.4. The lowest BCUT2D eigenvalue weighted by molar-refractivity contribution is 0.347. The molecule has 44 heavy (non-hydrogen) atoms. The monoisotopic (exact) mass is 571 g/mol. The molecule has 3 aliphatic rings. The van der Waals surface area contributed by atoms with E-state index in [2.05, 4.69) is 147 Å². The molecule has 1 atom stereocenters. The number of hydrogen-bond acceptors (Lipinski definition) is 1. The van der Waals surface area contributed by atoms with Crippen molar-refractivity contribution >= 4 is 32.8 Å². The van der Waals surface area contributed by atoms with Crippen molar-refractivity contribution in [2.45, 2.75) is 63.2 Å². The molecular weight excluding hydrogens is 530 g/mol. The molecule has 0 amide bonds. The van der Waals surface area contributed by atoms with Crippen LogP contribution in [0.25, 0.3) is 27.1 Å². The first-order chi connectivity index (χ1) is 21.5. The summed E-state index contributed by atoms with van der Waals surface area (Å²) < 4.78 is 0. The summed E-state index contributed by atoms with van der Waals surface area (Å²) in [5.74, 6) is 0. The van der Waals surface area contributed by atoms with Gasteiger partial charge in [0.2, 0.25) is 0 Å². The molecule has 1 fully saturated rings. The van der Waals surface area contributed by atoms with E-state index in [0.29, 0.717) is 0 Å². The van der Waals surface area contributed by atoms with Crippen molar-refractivity contribution in [1.29, 1.82) is 0 Å². The molecule has 1 heteroatoms. The highest BCUT2D eigenvalue weighted by atomic mass is 15.2. The molecule has 1 aliphatic heterocycles. The van der Waals surface area contributed by atoms with E-state index in [0.717, 1.165) is 6.42 Å². The van der Waals surface area contributed by atoms with E-state index >= 15 is 0 Å². The number of benzene rings is 5. The zero-order valence-electron chi connectivity index (χ0n) is 26.2. The predicted octanol–water partition coefficient (Wildman–Crippen LogP) is 11.1. The van der Waals surface area contributed by atoms with Crippen molar-refractivity contribution in [3.05, 3.63) is 155 Å². The number of allylic oxidation sites excluding steroid dienone is 6. The van der Waals surface area contributed by atoms with Crippen molar-refractivity contribution < 1.29 is 0 Å². The van der Waals surface area contributed by atoms with Crippen molar-refractivity contribution in [2.75, 3.05) is 11.9 Å². The van der Waals surface area contributed by atoms with Crippen LogP contribution in [-0.4, -0.2) is 7.05 Å². The van der Waals surface area contributed by atoms with Gasteiger partial charge in [-0.2, -0.15) is 0 Å². The Hall–Kier alpha value is -4.36. The molecule has 1 spiro atoms. The van der Waals surface area contributed by atoms with Crippen LogP contribution in [0.4, 0.5) is 5.69 Å². The van der Waals surface area contributed by atoms with E-state index in [9.17, 15) is 0 Å². The molecule has 2 aliphatic carbocycles. The van der Waals surface area contributed by atoms with Crippen molar-refractivity contribution in [3.63, 3.8) is 0 Å². The van der Waals surface area contributed by atoms with Gasteiger partial charge in [-0.3, -0.25) is 0 Å². The highest BCUT2D eigenvalue weighted by Crippen LogP contribution is 2.57. The lowest BCUT2D eigenvalue weighted by Crippen LogP contribution is -2.31. The highest BCUT2D eigenvalue weighted by molar-refractivity contribution is 6.00. The normalized spacial score (nSPS) is 21.7. The van der Waals surface area contributed by atoms with Crippen molar-refractivity contribution in [1.82, 2.24) is 0 Å². The summed E-state index contributed by atoms with van der Waals surface area (Å²) in [6.45, 7) is 4.81. The number of fused-ring (bicyclic) bond motifs is 7. The van der Waals surface area contributed by atoms with Gasteiger partial charge in [0, 0.05) is 29.0 Å². The van der Waals surface area contributed by atoms with E-state index in [1.165, 1.54) is 98.4 Å². The average Bonchev–Trinajstić information content (AvgIpc) is 3.41. The molecule has 1 unspecified atom stereocenters. The standard InChI is InChI=1S/C43H41N/c1-30-36(42(2,29-31-15-6-4-7-16-31)37-25-23-32-17-8-10-19-34(32)40(30)37)21-14-22-39-43(27-12-5-13-28-43)38-26-24-33-18-9-11-20-35(33)41(38)44(39)3/h4,6-11,14-26H,5,12-13,27-29H2,1-3H3/b21-14+,39-22+. The van der Waals surface area contributed by atoms with Gasteiger partial charge in [0.05, 0.1) is 5.69 Å². The third kappa shape index (κ3) is 3.98. The number of rotatable bonds is 4. The Morgan fingerprint density at radius 3 is 2.09 bits per heavy atom. The lowest BCUT2D eigenvalue weighted by atomic mass is 9.68. The first kappa shape index (κ1) is 27.2. The van der Waals surface area contributed by atoms with Gasteiger partial charge in [-0.05, 0) is 81.8 Å². The van der Waals surface area contributed by atoms with Crippen LogP contribution in [0, 0.1) is 0 Å². The molecule has 0 saturated heterocycles. The minimum atomic E-state index is -0.108. The summed E-state index contributed by atoms with van der Waals surface area (Å²) in [5, 5.41) is 5.38. The molecule has 0 aromatic heterocycles. The Labute approximate surface area is 262 Å². The van der Waals surface area contributed by atoms with Crippen LogP contribution in [0.1, 0.15) is 68.2 Å². The number of hydrogen-bond donors (Lipinski definition) is 0. The van der Waals surface area contributed by atoms with Crippen LogP contribution < -0.4 is 4.90 Å². The maximum atomic E-state index is 2.52. The SMILES string of the molecule is CC1=C(/C=C/C=C2/N(C)c3c(ccc4ccccc34)C23CCCCC3)C(C)(Cc2ccccc2)c2ccc3ccccc3c21. The Morgan fingerprint density at radius 1 is 0.705 bits per heavy atom. The van der Waals surface area contributed by atoms with Gasteiger partial charge in [-0.15, -0.1) is 0 Å². The van der Waals surface area contributed by atoms with Crippen molar-refractivity contribution in [3.8, 4) is 0 Å². The average molecular weight is 572 g/mol. The number of nitrogens with zero attached hydrogens (tertiary/aromatic N) is 1. The van der Waals surface area contributed by atoms with Crippen molar-refractivity contribution in [2.24, 2.45) is 0 Å². The first-order valence-corrected chi connectivity index (χ1v) is 16.4. The number of anilines is 1. The Kier molecular flexibility index (Phi) is 6.42. The largest absolute Gasteiger partial charge is 0.347 e. The summed E-state index contributed by atoms with van der Waals surface area (Å²) in [7, 11) is 2.30. The number of likely N-dealkylation sites (N-methyl/N-ethyl adjacent to an activating group) is 1. The van der Waals surface area contributed by atoms with E-state index < -0.39 is 0 Å². The smallest absolute Gasteiger partial charge is 0.0527 e. The summed E-state index contributed by atoms with van der Waals surface area (Å²) in [4.78, 5) is 2.52. The molecule has 5 aromatic rings. The molecule has 5 aromatic carbocycles. The molecular formula is C43H41N. The fourth-order valence-corrected chi connectivity index (χ4v) is 9.10. The quantitative estimate of drug-likeness (QED) is 0.207. The van der Waals surface area contributed by atoms with Gasteiger partial charge in [0.25, 0.3) is 0 Å². The van der Waals surface area contributed by atoms with Gasteiger partial charge < -0.3 is 4.90 Å². The topological polar surface area (TPSA) is 3.24 Å². The van der Waals surface area contributed by atoms with Gasteiger partial charge in [-0.25, -0.2) is 0 Å². The maximum Gasteiger partial charge on any atom is 0.0527 e. The molecule has 218 valence electrons. The minimum absolute atomic E-state index is 0.0995. The fraction of sp³-hybridized carbons (Fsp3) is 0.256. The first-order valence-electron chi connectivity index (χ1n) is 16.4. The van der Waals surface area contributed by atoms with Crippen LogP contribution in [-0.2, 0) is 17.3 Å². The summed E-state index contributed by atoms with van der Waals surface area (Å²) in [6, 6.07) is 38.3. The van der Waals surface area contributed by atoms with E-state index in [-0.39, 0.29) is 10.8 Å². The van der Waals surface area contributed by atoms with Gasteiger partial charge >= 0.3 is 0 Å². The zero-order chi connectivity index (χ0) is 29.9. The molecule has 0 radical (unpaired) electrons. The predicted molar refractivity (Wildman–Crippen MR) is 188 cm³/mol.